The molecule has 0 fully saturated rings. The Balaban J connectivity index is 1.82. The van der Waals surface area contributed by atoms with E-state index in [1.807, 2.05) is 18.4 Å². The third kappa shape index (κ3) is 3.88. The average molecular weight is 390 g/mol. The van der Waals surface area contributed by atoms with Crippen molar-refractivity contribution >= 4 is 23.2 Å². The van der Waals surface area contributed by atoms with Crippen LogP contribution in [0.2, 0.25) is 0 Å². The number of hydrogen-bond acceptors (Lipinski definition) is 6. The topological polar surface area (TPSA) is 83.9 Å². The van der Waals surface area contributed by atoms with Crippen LogP contribution in [-0.2, 0) is 11.3 Å². The van der Waals surface area contributed by atoms with Gasteiger partial charge in [-0.25, -0.2) is 0 Å². The van der Waals surface area contributed by atoms with Crippen LogP contribution in [0.15, 0.2) is 28.5 Å². The van der Waals surface area contributed by atoms with Crippen LogP contribution in [-0.4, -0.2) is 55.4 Å². The van der Waals surface area contributed by atoms with Gasteiger partial charge in [-0.2, -0.15) is 0 Å². The lowest BCUT2D eigenvalue weighted by Crippen LogP contribution is -2.53. The maximum Gasteiger partial charge on any atom is 0.274 e. The second kappa shape index (κ2) is 7.93. The Morgan fingerprint density at radius 2 is 2.15 bits per heavy atom. The predicted octanol–water partition coefficient (Wildman–Crippen LogP) is 0.776. The third-order valence-electron chi connectivity index (χ3n) is 4.47. The number of hydrogen-bond donors (Lipinski definition) is 1. The van der Waals surface area contributed by atoms with Gasteiger partial charge >= 0.3 is 0 Å². The molecule has 1 aliphatic heterocycles. The van der Waals surface area contributed by atoms with Crippen molar-refractivity contribution in [3.05, 3.63) is 55.6 Å². The van der Waals surface area contributed by atoms with Gasteiger partial charge in [-0.15, -0.1) is 11.3 Å². The molecule has 27 heavy (non-hydrogen) atoms. The predicted molar refractivity (Wildman–Crippen MR) is 103 cm³/mol. The number of fused-ring (bicyclic) bond motifs is 1. The van der Waals surface area contributed by atoms with Crippen molar-refractivity contribution < 1.29 is 14.3 Å². The number of carbonyl (C=O) groups is 2. The molecule has 0 bridgehead atoms. The van der Waals surface area contributed by atoms with Gasteiger partial charge < -0.3 is 15.0 Å². The van der Waals surface area contributed by atoms with Gasteiger partial charge in [0.1, 0.15) is 17.9 Å². The first-order valence-corrected chi connectivity index (χ1v) is 9.38. The fourth-order valence-corrected chi connectivity index (χ4v) is 3.74. The number of rotatable bonds is 6. The molecule has 1 aliphatic rings. The van der Waals surface area contributed by atoms with E-state index in [1.165, 1.54) is 12.3 Å². The molecule has 3 rings (SSSR count). The summed E-state index contributed by atoms with van der Waals surface area (Å²) in [5.74, 6) is -0.714. The molecule has 0 radical (unpaired) electrons. The molecule has 2 aromatic rings. The van der Waals surface area contributed by atoms with Crippen molar-refractivity contribution in [2.45, 2.75) is 13.5 Å². The molecule has 144 valence electrons. The van der Waals surface area contributed by atoms with Gasteiger partial charge in [0, 0.05) is 37.8 Å². The summed E-state index contributed by atoms with van der Waals surface area (Å²) in [5.41, 5.74) is 0.870. The van der Waals surface area contributed by atoms with Crippen LogP contribution < -0.4 is 15.8 Å². The molecule has 0 unspecified atom stereocenters. The van der Waals surface area contributed by atoms with Gasteiger partial charge in [-0.05, 0) is 23.9 Å². The lowest BCUT2D eigenvalue weighted by atomic mass is 10.2. The maximum absolute atomic E-state index is 12.6. The molecule has 2 aromatic heterocycles. The number of nitrogens with one attached hydrogen (secondary N) is 1. The molecule has 0 spiro atoms. The van der Waals surface area contributed by atoms with Gasteiger partial charge in [0.15, 0.2) is 5.43 Å². The van der Waals surface area contributed by atoms with Gasteiger partial charge in [0.2, 0.25) is 0 Å². The highest BCUT2D eigenvalue weighted by Crippen LogP contribution is 2.15. The van der Waals surface area contributed by atoms with Crippen LogP contribution in [0.3, 0.4) is 0 Å². The minimum absolute atomic E-state index is 0.0120. The zero-order valence-corrected chi connectivity index (χ0v) is 16.3. The monoisotopic (exact) mass is 390 g/mol. The molecule has 0 aliphatic carbocycles. The number of methoxy groups -OCH3 is 1. The number of amides is 2. The number of carbonyl (C=O) groups excluding carboxylic acids is 2. The fraction of sp³-hybridized carbons (Fsp3) is 0.389. The van der Waals surface area contributed by atoms with E-state index < -0.39 is 11.3 Å². The Bertz CT molecular complexity index is 920. The molecule has 9 heteroatoms. The van der Waals surface area contributed by atoms with Crippen LogP contribution in [0.25, 0.3) is 0 Å². The molecule has 1 N–H and O–H groups in total. The SMILES string of the molecule is COCCN1CN(C)n2cc(C(=O)NCc3sccc3C)c(=O)cc2C1=O. The summed E-state index contributed by atoms with van der Waals surface area (Å²) < 4.78 is 6.58. The Kier molecular flexibility index (Phi) is 5.62. The quantitative estimate of drug-likeness (QED) is 0.788. The smallest absolute Gasteiger partial charge is 0.274 e. The first-order chi connectivity index (χ1) is 12.9. The van der Waals surface area contributed by atoms with Gasteiger partial charge in [0.05, 0.1) is 13.2 Å². The minimum atomic E-state index is -0.475. The summed E-state index contributed by atoms with van der Waals surface area (Å²) in [6.07, 6.45) is 1.43. The highest BCUT2D eigenvalue weighted by Gasteiger charge is 2.28. The maximum atomic E-state index is 12.6. The summed E-state index contributed by atoms with van der Waals surface area (Å²) in [6, 6.07) is 3.21. The second-order valence-electron chi connectivity index (χ2n) is 6.35. The lowest BCUT2D eigenvalue weighted by Gasteiger charge is -2.37. The highest BCUT2D eigenvalue weighted by atomic mass is 32.1. The van der Waals surface area contributed by atoms with E-state index in [4.69, 9.17) is 4.74 Å². The fourth-order valence-electron chi connectivity index (χ4n) is 2.89. The number of aryl methyl sites for hydroxylation is 1. The van der Waals surface area contributed by atoms with Crippen LogP contribution in [0.5, 0.6) is 0 Å². The Morgan fingerprint density at radius 3 is 2.81 bits per heavy atom. The Hall–Kier alpha value is -2.65. The summed E-state index contributed by atoms with van der Waals surface area (Å²) in [6.45, 7) is 3.51. The zero-order chi connectivity index (χ0) is 19.6. The van der Waals surface area contributed by atoms with Crippen molar-refractivity contribution in [3.8, 4) is 0 Å². The number of ether oxygens (including phenoxy) is 1. The molecule has 0 saturated heterocycles. The summed E-state index contributed by atoms with van der Waals surface area (Å²) in [7, 11) is 3.36. The number of aromatic nitrogens is 1. The van der Waals surface area contributed by atoms with E-state index in [-0.39, 0.29) is 17.2 Å². The summed E-state index contributed by atoms with van der Waals surface area (Å²) in [5, 5.41) is 6.51. The normalized spacial score (nSPS) is 13.7. The highest BCUT2D eigenvalue weighted by molar-refractivity contribution is 7.10. The van der Waals surface area contributed by atoms with Crippen molar-refractivity contribution in [1.29, 1.82) is 0 Å². The van der Waals surface area contributed by atoms with Crippen LogP contribution in [0, 0.1) is 6.92 Å². The summed E-state index contributed by atoms with van der Waals surface area (Å²) in [4.78, 5) is 40.2. The van der Waals surface area contributed by atoms with E-state index in [0.29, 0.717) is 26.4 Å². The van der Waals surface area contributed by atoms with E-state index in [2.05, 4.69) is 5.32 Å². The van der Waals surface area contributed by atoms with Crippen LogP contribution in [0.4, 0.5) is 0 Å². The molecular weight excluding hydrogens is 368 g/mol. The van der Waals surface area contributed by atoms with Gasteiger partial charge in [0.25, 0.3) is 11.8 Å². The van der Waals surface area contributed by atoms with E-state index in [9.17, 15) is 14.4 Å². The van der Waals surface area contributed by atoms with E-state index >= 15 is 0 Å². The standard InChI is InChI=1S/C18H22N4O4S/c1-12-4-7-27-16(12)9-19-17(24)13-10-22-14(8-15(13)23)18(25)21(5-6-26-3)11-20(22)2/h4,7-8,10H,5-6,9,11H2,1-3H3,(H,19,24). The second-order valence-corrected chi connectivity index (χ2v) is 7.35. The molecule has 0 saturated carbocycles. The first-order valence-electron chi connectivity index (χ1n) is 8.50. The van der Waals surface area contributed by atoms with Crippen molar-refractivity contribution in [3.63, 3.8) is 0 Å². The lowest BCUT2D eigenvalue weighted by molar-refractivity contribution is 0.0634. The number of pyridine rings is 1. The number of thiophene rings is 1. The Labute approximate surface area is 160 Å². The van der Waals surface area contributed by atoms with Gasteiger partial charge in [-0.1, -0.05) is 0 Å². The zero-order valence-electron chi connectivity index (χ0n) is 15.5. The van der Waals surface area contributed by atoms with Crippen molar-refractivity contribution in [2.75, 3.05) is 39.0 Å². The average Bonchev–Trinajstić information content (AvgIpc) is 3.06. The third-order valence-corrected chi connectivity index (χ3v) is 5.49. The van der Waals surface area contributed by atoms with Crippen molar-refractivity contribution in [1.82, 2.24) is 14.9 Å². The van der Waals surface area contributed by atoms with Crippen LogP contribution >= 0.6 is 11.3 Å². The van der Waals surface area contributed by atoms with Gasteiger partial charge in [-0.3, -0.25) is 24.1 Å². The van der Waals surface area contributed by atoms with E-state index in [0.717, 1.165) is 10.4 Å². The Morgan fingerprint density at radius 1 is 1.37 bits per heavy atom. The van der Waals surface area contributed by atoms with E-state index in [1.54, 1.807) is 40.1 Å². The van der Waals surface area contributed by atoms with Crippen molar-refractivity contribution in [2.24, 2.45) is 0 Å². The molecule has 3 heterocycles. The molecular formula is C18H22N4O4S. The largest absolute Gasteiger partial charge is 0.383 e. The minimum Gasteiger partial charge on any atom is -0.383 e. The molecule has 8 nitrogen and oxygen atoms in total. The molecule has 0 aromatic carbocycles. The summed E-state index contributed by atoms with van der Waals surface area (Å²) >= 11 is 1.55. The number of nitrogens with zero attached hydrogens (tertiary/aromatic N) is 3. The first kappa shape index (κ1) is 19.1. The molecule has 2 amide bonds. The molecule has 0 atom stereocenters. The van der Waals surface area contributed by atoms with Crippen LogP contribution in [0.1, 0.15) is 31.3 Å².